The second-order valence-electron chi connectivity index (χ2n) is 3.47. The molecule has 1 aliphatic rings. The lowest BCUT2D eigenvalue weighted by Crippen LogP contribution is -2.45. The van der Waals surface area contributed by atoms with Crippen LogP contribution in [-0.2, 0) is 9.59 Å². The minimum atomic E-state index is -0.446. The van der Waals surface area contributed by atoms with E-state index in [9.17, 15) is 9.59 Å². The fourth-order valence-corrected chi connectivity index (χ4v) is 1.55. The van der Waals surface area contributed by atoms with Gasteiger partial charge in [-0.3, -0.25) is 9.59 Å². The molecule has 4 heteroatoms. The van der Waals surface area contributed by atoms with Gasteiger partial charge in [0.1, 0.15) is 6.04 Å². The van der Waals surface area contributed by atoms with Gasteiger partial charge in [0.25, 0.3) is 0 Å². The molecular formula is C10H16N2O2. The van der Waals surface area contributed by atoms with Crippen molar-refractivity contribution in [3.63, 3.8) is 0 Å². The molecule has 1 unspecified atom stereocenters. The standard InChI is InChI=1S/C10H16N2O2/c1-3-9(13)11-8(2)10(14)12-6-4-5-7-12/h3,8H,1,4-7H2,2H3,(H,11,13). The van der Waals surface area contributed by atoms with Gasteiger partial charge in [-0.2, -0.15) is 0 Å². The van der Waals surface area contributed by atoms with Crippen molar-refractivity contribution in [2.24, 2.45) is 0 Å². The molecule has 0 spiro atoms. The summed E-state index contributed by atoms with van der Waals surface area (Å²) in [6.45, 7) is 6.66. The molecule has 0 saturated carbocycles. The molecule has 78 valence electrons. The topological polar surface area (TPSA) is 49.4 Å². The fourth-order valence-electron chi connectivity index (χ4n) is 1.55. The van der Waals surface area contributed by atoms with Gasteiger partial charge < -0.3 is 10.2 Å². The Morgan fingerprint density at radius 1 is 1.43 bits per heavy atom. The Bertz CT molecular complexity index is 245. The summed E-state index contributed by atoms with van der Waals surface area (Å²) in [5.41, 5.74) is 0. The number of likely N-dealkylation sites (tertiary alicyclic amines) is 1. The number of rotatable bonds is 3. The number of nitrogens with zero attached hydrogens (tertiary/aromatic N) is 1. The highest BCUT2D eigenvalue weighted by atomic mass is 16.2. The summed E-state index contributed by atoms with van der Waals surface area (Å²) in [6.07, 6.45) is 3.30. The Morgan fingerprint density at radius 2 is 2.00 bits per heavy atom. The molecule has 2 amide bonds. The molecule has 1 aliphatic heterocycles. The fraction of sp³-hybridized carbons (Fsp3) is 0.600. The summed E-state index contributed by atoms with van der Waals surface area (Å²) in [6, 6.07) is -0.446. The summed E-state index contributed by atoms with van der Waals surface area (Å²) >= 11 is 0. The smallest absolute Gasteiger partial charge is 0.244 e. The van der Waals surface area contributed by atoms with Gasteiger partial charge in [-0.15, -0.1) is 0 Å². The van der Waals surface area contributed by atoms with Crippen molar-refractivity contribution in [1.82, 2.24) is 10.2 Å². The zero-order chi connectivity index (χ0) is 10.6. The molecule has 0 radical (unpaired) electrons. The van der Waals surface area contributed by atoms with E-state index in [0.29, 0.717) is 0 Å². The lowest BCUT2D eigenvalue weighted by molar-refractivity contribution is -0.134. The third kappa shape index (κ3) is 2.58. The monoisotopic (exact) mass is 196 g/mol. The SMILES string of the molecule is C=CC(=O)NC(C)C(=O)N1CCCC1. The van der Waals surface area contributed by atoms with Crippen LogP contribution in [0.2, 0.25) is 0 Å². The van der Waals surface area contributed by atoms with Gasteiger partial charge in [0.05, 0.1) is 0 Å². The van der Waals surface area contributed by atoms with Crippen LogP contribution in [0.3, 0.4) is 0 Å². The summed E-state index contributed by atoms with van der Waals surface area (Å²) in [7, 11) is 0. The average molecular weight is 196 g/mol. The Labute approximate surface area is 84.0 Å². The number of hydrogen-bond donors (Lipinski definition) is 1. The van der Waals surface area contributed by atoms with Crippen LogP contribution in [0.5, 0.6) is 0 Å². The van der Waals surface area contributed by atoms with Crippen molar-refractivity contribution in [3.8, 4) is 0 Å². The van der Waals surface area contributed by atoms with Crippen LogP contribution in [-0.4, -0.2) is 35.8 Å². The number of nitrogens with one attached hydrogen (secondary N) is 1. The Hall–Kier alpha value is -1.32. The van der Waals surface area contributed by atoms with E-state index in [1.807, 2.05) is 0 Å². The molecule has 0 aromatic carbocycles. The zero-order valence-corrected chi connectivity index (χ0v) is 8.45. The maximum absolute atomic E-state index is 11.7. The number of carbonyl (C=O) groups excluding carboxylic acids is 2. The Kier molecular flexibility index (Phi) is 3.68. The number of amides is 2. The van der Waals surface area contributed by atoms with E-state index < -0.39 is 6.04 Å². The molecule has 14 heavy (non-hydrogen) atoms. The minimum absolute atomic E-state index is 0.00213. The highest BCUT2D eigenvalue weighted by Gasteiger charge is 2.23. The van der Waals surface area contributed by atoms with Gasteiger partial charge >= 0.3 is 0 Å². The van der Waals surface area contributed by atoms with Crippen molar-refractivity contribution in [2.75, 3.05) is 13.1 Å². The molecule has 1 saturated heterocycles. The normalized spacial score (nSPS) is 17.6. The van der Waals surface area contributed by atoms with E-state index >= 15 is 0 Å². The molecule has 1 fully saturated rings. The highest BCUT2D eigenvalue weighted by molar-refractivity contribution is 5.92. The van der Waals surface area contributed by atoms with Crippen molar-refractivity contribution >= 4 is 11.8 Å². The van der Waals surface area contributed by atoms with Crippen LogP contribution in [0.1, 0.15) is 19.8 Å². The number of hydrogen-bond acceptors (Lipinski definition) is 2. The number of carbonyl (C=O) groups is 2. The maximum Gasteiger partial charge on any atom is 0.244 e. The molecular weight excluding hydrogens is 180 g/mol. The van der Waals surface area contributed by atoms with Crippen LogP contribution in [0.25, 0.3) is 0 Å². The summed E-state index contributed by atoms with van der Waals surface area (Å²) in [5.74, 6) is -0.303. The van der Waals surface area contributed by atoms with Gasteiger partial charge in [-0.05, 0) is 25.8 Å². The van der Waals surface area contributed by atoms with E-state index in [4.69, 9.17) is 0 Å². The third-order valence-corrected chi connectivity index (χ3v) is 2.33. The molecule has 1 atom stereocenters. The first-order valence-corrected chi connectivity index (χ1v) is 4.87. The predicted molar refractivity (Wildman–Crippen MR) is 53.6 cm³/mol. The van der Waals surface area contributed by atoms with Crippen LogP contribution in [0.4, 0.5) is 0 Å². The van der Waals surface area contributed by atoms with E-state index in [0.717, 1.165) is 25.9 Å². The quantitative estimate of drug-likeness (QED) is 0.660. The van der Waals surface area contributed by atoms with Crippen LogP contribution in [0.15, 0.2) is 12.7 Å². The van der Waals surface area contributed by atoms with Gasteiger partial charge in [0.2, 0.25) is 11.8 Å². The first-order valence-electron chi connectivity index (χ1n) is 4.87. The summed E-state index contributed by atoms with van der Waals surface area (Å²) in [5, 5.41) is 2.56. The summed E-state index contributed by atoms with van der Waals surface area (Å²) in [4.78, 5) is 24.4. The first kappa shape index (κ1) is 10.8. The van der Waals surface area contributed by atoms with E-state index in [1.165, 1.54) is 6.08 Å². The molecule has 0 bridgehead atoms. The third-order valence-electron chi connectivity index (χ3n) is 2.33. The highest BCUT2D eigenvalue weighted by Crippen LogP contribution is 2.08. The Morgan fingerprint density at radius 3 is 2.50 bits per heavy atom. The van der Waals surface area contributed by atoms with Gasteiger partial charge in [-0.25, -0.2) is 0 Å². The van der Waals surface area contributed by atoms with Gasteiger partial charge in [0.15, 0.2) is 0 Å². The van der Waals surface area contributed by atoms with Crippen LogP contribution < -0.4 is 5.32 Å². The molecule has 1 N–H and O–H groups in total. The molecule has 1 rings (SSSR count). The second-order valence-corrected chi connectivity index (χ2v) is 3.47. The van der Waals surface area contributed by atoms with Crippen molar-refractivity contribution in [3.05, 3.63) is 12.7 Å². The molecule has 0 aliphatic carbocycles. The van der Waals surface area contributed by atoms with E-state index in [1.54, 1.807) is 11.8 Å². The average Bonchev–Trinajstić information content (AvgIpc) is 2.69. The lowest BCUT2D eigenvalue weighted by Gasteiger charge is -2.20. The van der Waals surface area contributed by atoms with Crippen molar-refractivity contribution in [2.45, 2.75) is 25.8 Å². The van der Waals surface area contributed by atoms with Crippen molar-refractivity contribution in [1.29, 1.82) is 0 Å². The zero-order valence-electron chi connectivity index (χ0n) is 8.45. The largest absolute Gasteiger partial charge is 0.341 e. The molecule has 4 nitrogen and oxygen atoms in total. The minimum Gasteiger partial charge on any atom is -0.341 e. The predicted octanol–water partition coefficient (Wildman–Crippen LogP) is 0.299. The van der Waals surface area contributed by atoms with Crippen LogP contribution in [0, 0.1) is 0 Å². The second kappa shape index (κ2) is 4.79. The first-order chi connectivity index (χ1) is 6.65. The maximum atomic E-state index is 11.7. The van der Waals surface area contributed by atoms with E-state index in [2.05, 4.69) is 11.9 Å². The van der Waals surface area contributed by atoms with E-state index in [-0.39, 0.29) is 11.8 Å². The van der Waals surface area contributed by atoms with Gasteiger partial charge in [-0.1, -0.05) is 6.58 Å². The van der Waals surface area contributed by atoms with Crippen LogP contribution >= 0.6 is 0 Å². The van der Waals surface area contributed by atoms with Crippen molar-refractivity contribution < 1.29 is 9.59 Å². The molecule has 0 aromatic heterocycles. The Balaban J connectivity index is 2.42. The summed E-state index contributed by atoms with van der Waals surface area (Å²) < 4.78 is 0. The van der Waals surface area contributed by atoms with Gasteiger partial charge in [0, 0.05) is 13.1 Å². The molecule has 0 aromatic rings. The lowest BCUT2D eigenvalue weighted by atomic mass is 10.3. The molecule has 1 heterocycles.